The van der Waals surface area contributed by atoms with Crippen molar-refractivity contribution in [1.29, 1.82) is 0 Å². The van der Waals surface area contributed by atoms with Crippen LogP contribution in [0.1, 0.15) is 5.56 Å². The Bertz CT molecular complexity index is 516. The molecule has 90 valence electrons. The van der Waals surface area contributed by atoms with E-state index in [0.717, 1.165) is 11.1 Å². The Morgan fingerprint density at radius 3 is 2.88 bits per heavy atom. The highest BCUT2D eigenvalue weighted by Gasteiger charge is 2.09. The third-order valence-corrected chi connectivity index (χ3v) is 2.52. The van der Waals surface area contributed by atoms with Crippen LogP contribution in [0.5, 0.6) is 5.88 Å². The van der Waals surface area contributed by atoms with Gasteiger partial charge in [-0.3, -0.25) is 4.98 Å². The van der Waals surface area contributed by atoms with E-state index in [1.165, 1.54) is 0 Å². The van der Waals surface area contributed by atoms with Crippen LogP contribution in [0.4, 0.5) is 0 Å². The third kappa shape index (κ3) is 2.51. The fraction of sp³-hybridized carbons (Fsp3) is 0.333. The summed E-state index contributed by atoms with van der Waals surface area (Å²) < 4.78 is 5.06. The minimum absolute atomic E-state index is 0.270. The van der Waals surface area contributed by atoms with Crippen LogP contribution in [0.25, 0.3) is 11.0 Å². The molecule has 5 nitrogen and oxygen atoms in total. The smallest absolute Gasteiger partial charge is 0.213 e. The first-order valence-corrected chi connectivity index (χ1v) is 5.32. The predicted molar refractivity (Wildman–Crippen MR) is 62.9 cm³/mol. The lowest BCUT2D eigenvalue weighted by atomic mass is 10.1. The maximum absolute atomic E-state index is 9.47. The van der Waals surface area contributed by atoms with Crippen LogP contribution >= 0.6 is 0 Å². The molecule has 2 heterocycles. The molecule has 2 aromatic rings. The number of ether oxygens (including phenoxy) is 1. The van der Waals surface area contributed by atoms with Gasteiger partial charge in [0.2, 0.25) is 5.88 Å². The Morgan fingerprint density at radius 1 is 1.35 bits per heavy atom. The van der Waals surface area contributed by atoms with Crippen molar-refractivity contribution in [2.45, 2.75) is 12.5 Å². The van der Waals surface area contributed by atoms with E-state index in [-0.39, 0.29) is 6.61 Å². The van der Waals surface area contributed by atoms with E-state index in [1.807, 2.05) is 6.07 Å². The van der Waals surface area contributed by atoms with Crippen molar-refractivity contribution >= 4 is 11.0 Å². The number of aromatic nitrogens is 2. The second-order valence-electron chi connectivity index (χ2n) is 3.73. The first kappa shape index (κ1) is 11.8. The van der Waals surface area contributed by atoms with Crippen LogP contribution in [0.3, 0.4) is 0 Å². The van der Waals surface area contributed by atoms with E-state index >= 15 is 0 Å². The van der Waals surface area contributed by atoms with E-state index in [4.69, 9.17) is 9.84 Å². The van der Waals surface area contributed by atoms with Crippen molar-refractivity contribution in [3.8, 4) is 5.88 Å². The summed E-state index contributed by atoms with van der Waals surface area (Å²) >= 11 is 0. The highest BCUT2D eigenvalue weighted by Crippen LogP contribution is 2.19. The van der Waals surface area contributed by atoms with E-state index in [0.29, 0.717) is 17.8 Å². The molecule has 0 aliphatic rings. The first-order valence-electron chi connectivity index (χ1n) is 5.32. The van der Waals surface area contributed by atoms with Gasteiger partial charge in [0.15, 0.2) is 0 Å². The van der Waals surface area contributed by atoms with Crippen LogP contribution in [-0.2, 0) is 6.42 Å². The van der Waals surface area contributed by atoms with Gasteiger partial charge in [0, 0.05) is 18.7 Å². The van der Waals surface area contributed by atoms with Gasteiger partial charge >= 0.3 is 0 Å². The molecule has 1 atom stereocenters. The molecule has 0 aromatic carbocycles. The highest BCUT2D eigenvalue weighted by atomic mass is 16.5. The summed E-state index contributed by atoms with van der Waals surface area (Å²) in [5, 5.41) is 18.3. The number of nitrogens with zero attached hydrogens (tertiary/aromatic N) is 2. The monoisotopic (exact) mass is 234 g/mol. The number of fused-ring (bicyclic) bond motifs is 1. The Hall–Kier alpha value is -1.72. The average Bonchev–Trinajstić information content (AvgIpc) is 2.38. The van der Waals surface area contributed by atoms with E-state index in [1.54, 1.807) is 25.4 Å². The molecular weight excluding hydrogens is 220 g/mol. The zero-order chi connectivity index (χ0) is 12.3. The predicted octanol–water partition coefficient (Wildman–Crippen LogP) is 0.534. The number of pyridine rings is 2. The van der Waals surface area contributed by atoms with Crippen LogP contribution in [0.15, 0.2) is 24.4 Å². The normalized spacial score (nSPS) is 12.6. The lowest BCUT2D eigenvalue weighted by Gasteiger charge is -2.09. The first-order chi connectivity index (χ1) is 8.24. The van der Waals surface area contributed by atoms with Crippen molar-refractivity contribution in [2.75, 3.05) is 13.7 Å². The lowest BCUT2D eigenvalue weighted by Crippen LogP contribution is -2.15. The van der Waals surface area contributed by atoms with Gasteiger partial charge in [-0.15, -0.1) is 0 Å². The van der Waals surface area contributed by atoms with Gasteiger partial charge in [0.1, 0.15) is 0 Å². The molecule has 0 bridgehead atoms. The third-order valence-electron chi connectivity index (χ3n) is 2.52. The number of hydrogen-bond donors (Lipinski definition) is 2. The molecule has 17 heavy (non-hydrogen) atoms. The number of aliphatic hydroxyl groups is 2. The molecule has 1 unspecified atom stereocenters. The summed E-state index contributed by atoms with van der Waals surface area (Å²) in [6.45, 7) is -0.270. The number of methoxy groups -OCH3 is 1. The summed E-state index contributed by atoms with van der Waals surface area (Å²) in [4.78, 5) is 8.49. The Morgan fingerprint density at radius 2 is 2.18 bits per heavy atom. The van der Waals surface area contributed by atoms with Gasteiger partial charge in [-0.1, -0.05) is 0 Å². The molecule has 2 aromatic heterocycles. The topological polar surface area (TPSA) is 75.5 Å². The standard InChI is InChI=1S/C12H14N2O3/c1-17-11-3-2-10-12(14-11)8(4-5-13-10)6-9(16)7-15/h2-5,9,15-16H,6-7H2,1H3. The summed E-state index contributed by atoms with van der Waals surface area (Å²) in [5.74, 6) is 0.505. The van der Waals surface area contributed by atoms with Crippen LogP contribution in [-0.4, -0.2) is 40.0 Å². The maximum atomic E-state index is 9.47. The van der Waals surface area contributed by atoms with Crippen LogP contribution < -0.4 is 4.74 Å². The van der Waals surface area contributed by atoms with E-state index in [2.05, 4.69) is 9.97 Å². The fourth-order valence-corrected chi connectivity index (χ4v) is 1.66. The van der Waals surface area contributed by atoms with Crippen molar-refractivity contribution in [2.24, 2.45) is 0 Å². The summed E-state index contributed by atoms with van der Waals surface area (Å²) in [5.41, 5.74) is 2.28. The average molecular weight is 234 g/mol. The van der Waals surface area contributed by atoms with Crippen molar-refractivity contribution in [1.82, 2.24) is 9.97 Å². The molecule has 5 heteroatoms. The molecule has 0 aliphatic heterocycles. The van der Waals surface area contributed by atoms with Gasteiger partial charge < -0.3 is 14.9 Å². The molecule has 0 spiro atoms. The zero-order valence-electron chi connectivity index (χ0n) is 9.50. The van der Waals surface area contributed by atoms with Gasteiger partial charge in [-0.2, -0.15) is 0 Å². The summed E-state index contributed by atoms with van der Waals surface area (Å²) in [6.07, 6.45) is 1.22. The van der Waals surface area contributed by atoms with E-state index < -0.39 is 6.10 Å². The van der Waals surface area contributed by atoms with Gasteiger partial charge in [0.05, 0.1) is 30.9 Å². The zero-order valence-corrected chi connectivity index (χ0v) is 9.50. The quantitative estimate of drug-likeness (QED) is 0.807. The lowest BCUT2D eigenvalue weighted by molar-refractivity contribution is 0.0957. The van der Waals surface area contributed by atoms with Crippen molar-refractivity contribution in [3.05, 3.63) is 30.0 Å². The summed E-state index contributed by atoms with van der Waals surface area (Å²) in [6, 6.07) is 5.34. The Kier molecular flexibility index (Phi) is 3.51. The molecule has 0 fully saturated rings. The second-order valence-corrected chi connectivity index (χ2v) is 3.73. The van der Waals surface area contributed by atoms with Crippen LogP contribution in [0, 0.1) is 0 Å². The molecule has 0 aliphatic carbocycles. The highest BCUT2D eigenvalue weighted by molar-refractivity contribution is 5.78. The fourth-order valence-electron chi connectivity index (χ4n) is 1.66. The number of hydrogen-bond acceptors (Lipinski definition) is 5. The molecule has 0 saturated carbocycles. The molecule has 2 rings (SSSR count). The van der Waals surface area contributed by atoms with Crippen molar-refractivity contribution < 1.29 is 14.9 Å². The van der Waals surface area contributed by atoms with Crippen molar-refractivity contribution in [3.63, 3.8) is 0 Å². The molecule has 0 amide bonds. The Balaban J connectivity index is 2.46. The van der Waals surface area contributed by atoms with Gasteiger partial charge in [-0.05, 0) is 17.7 Å². The molecule has 2 N–H and O–H groups in total. The van der Waals surface area contributed by atoms with Gasteiger partial charge in [-0.25, -0.2) is 4.98 Å². The largest absolute Gasteiger partial charge is 0.481 e. The number of rotatable bonds is 4. The molecule has 0 saturated heterocycles. The molecular formula is C12H14N2O3. The second kappa shape index (κ2) is 5.07. The van der Waals surface area contributed by atoms with Crippen LogP contribution in [0.2, 0.25) is 0 Å². The minimum Gasteiger partial charge on any atom is -0.481 e. The van der Waals surface area contributed by atoms with E-state index in [9.17, 15) is 5.11 Å². The minimum atomic E-state index is -0.784. The summed E-state index contributed by atoms with van der Waals surface area (Å²) in [7, 11) is 1.55. The maximum Gasteiger partial charge on any atom is 0.213 e. The molecule has 0 radical (unpaired) electrons. The van der Waals surface area contributed by atoms with Gasteiger partial charge in [0.25, 0.3) is 0 Å². The number of aliphatic hydroxyl groups excluding tert-OH is 2. The Labute approximate surface area is 98.7 Å². The SMILES string of the molecule is COc1ccc2nccc(CC(O)CO)c2n1.